The summed E-state index contributed by atoms with van der Waals surface area (Å²) in [6.45, 7) is 9.24. The lowest BCUT2D eigenvalue weighted by Gasteiger charge is -2.49. The van der Waals surface area contributed by atoms with Crippen LogP contribution in [0.4, 0.5) is 0 Å². The topological polar surface area (TPSA) is 74.1 Å². The molecule has 2 saturated heterocycles. The van der Waals surface area contributed by atoms with Gasteiger partial charge in [0.25, 0.3) is 0 Å². The van der Waals surface area contributed by atoms with E-state index in [1.807, 2.05) is 0 Å². The number of hydrogen-bond donors (Lipinski definition) is 0. The van der Waals surface area contributed by atoms with Crippen LogP contribution in [-0.4, -0.2) is 68.6 Å². The van der Waals surface area contributed by atoms with E-state index in [0.717, 1.165) is 0 Å². The quantitative estimate of drug-likeness (QED) is 0.711. The average Bonchev–Trinajstić information content (AvgIpc) is 3.21. The lowest BCUT2D eigenvalue weighted by molar-refractivity contribution is -0.431. The molecule has 0 bridgehead atoms. The molecule has 0 N–H and O–H groups in total. The van der Waals surface area contributed by atoms with Crippen molar-refractivity contribution in [3.63, 3.8) is 0 Å². The molecule has 2 aliphatic rings. The van der Waals surface area contributed by atoms with Crippen LogP contribution in [-0.2, 0) is 29.0 Å². The maximum absolute atomic E-state index is 12.5. The van der Waals surface area contributed by atoms with Crippen LogP contribution in [0.25, 0.3) is 0 Å². The van der Waals surface area contributed by atoms with E-state index >= 15 is 0 Å². The monoisotopic (exact) mass is 337 g/mol. The van der Waals surface area contributed by atoms with Crippen molar-refractivity contribution in [3.05, 3.63) is 0 Å². The number of rotatable bonds is 4. The van der Waals surface area contributed by atoms with Crippen molar-refractivity contribution in [2.75, 3.05) is 27.4 Å². The maximum Gasteiger partial charge on any atom is 0.220 e. The molecule has 0 amide bonds. The second-order valence-electron chi connectivity index (χ2n) is 7.02. The van der Waals surface area contributed by atoms with Crippen LogP contribution in [0.1, 0.15) is 34.6 Å². The molecule has 2 fully saturated rings. The summed E-state index contributed by atoms with van der Waals surface area (Å²) in [5, 5.41) is 0. The number of hydrogen-bond acceptors (Lipinski definition) is 6. The van der Waals surface area contributed by atoms with Crippen molar-refractivity contribution < 1.29 is 27.4 Å². The number of methoxy groups -OCH3 is 2. The summed E-state index contributed by atoms with van der Waals surface area (Å²) in [4.78, 5) is 0. The first-order valence-corrected chi connectivity index (χ1v) is 8.79. The molecule has 1 unspecified atom stereocenters. The Hall–Kier alpha value is -0.250. The molecule has 22 heavy (non-hydrogen) atoms. The molecule has 5 atom stereocenters. The predicted octanol–water partition coefficient (Wildman–Crippen LogP) is 0.940. The van der Waals surface area contributed by atoms with Gasteiger partial charge in [-0.25, -0.2) is 8.42 Å². The Balaban J connectivity index is 2.12. The van der Waals surface area contributed by atoms with Crippen molar-refractivity contribution in [3.8, 4) is 0 Å². The Morgan fingerprint density at radius 1 is 1.14 bits per heavy atom. The van der Waals surface area contributed by atoms with Gasteiger partial charge in [-0.15, -0.1) is 0 Å². The molecule has 2 aliphatic heterocycles. The first-order valence-electron chi connectivity index (χ1n) is 7.35. The Morgan fingerprint density at radius 3 is 2.14 bits per heavy atom. The first kappa shape index (κ1) is 18.1. The maximum atomic E-state index is 12.5. The number of sulfonamides is 1. The summed E-state index contributed by atoms with van der Waals surface area (Å²) >= 11 is 0. The third-order valence-corrected chi connectivity index (χ3v) is 7.20. The van der Waals surface area contributed by atoms with Crippen molar-refractivity contribution in [1.82, 2.24) is 4.31 Å². The minimum Gasteiger partial charge on any atom is -0.349 e. The number of ether oxygens (including phenoxy) is 4. The molecule has 2 heterocycles. The summed E-state index contributed by atoms with van der Waals surface area (Å²) < 4.78 is 48.2. The highest BCUT2D eigenvalue weighted by Crippen LogP contribution is 2.41. The van der Waals surface area contributed by atoms with Gasteiger partial charge in [0.05, 0.1) is 17.4 Å². The minimum absolute atomic E-state index is 0.222. The Bertz CT molecular complexity index is 530. The van der Waals surface area contributed by atoms with Crippen molar-refractivity contribution in [1.29, 1.82) is 0 Å². The molecule has 130 valence electrons. The fourth-order valence-electron chi connectivity index (χ4n) is 2.54. The zero-order valence-electron chi connectivity index (χ0n) is 14.4. The molecule has 0 saturated carbocycles. The van der Waals surface area contributed by atoms with E-state index in [1.165, 1.54) is 18.5 Å². The summed E-state index contributed by atoms with van der Waals surface area (Å²) in [7, 11) is -0.319. The van der Waals surface area contributed by atoms with Crippen molar-refractivity contribution in [2.24, 2.45) is 0 Å². The molecule has 7 nitrogen and oxygen atoms in total. The molecular formula is C14H27NO6S. The fraction of sp³-hybridized carbons (Fsp3) is 1.00. The normalized spacial score (nSPS) is 43.1. The van der Waals surface area contributed by atoms with Crippen LogP contribution in [0.15, 0.2) is 0 Å². The van der Waals surface area contributed by atoms with Crippen molar-refractivity contribution in [2.45, 2.75) is 63.1 Å². The van der Waals surface area contributed by atoms with E-state index in [1.54, 1.807) is 34.6 Å². The van der Waals surface area contributed by atoms with Gasteiger partial charge < -0.3 is 18.9 Å². The van der Waals surface area contributed by atoms with Gasteiger partial charge in [0, 0.05) is 20.8 Å². The summed E-state index contributed by atoms with van der Waals surface area (Å²) in [5.74, 6) is -2.15. The van der Waals surface area contributed by atoms with E-state index in [4.69, 9.17) is 18.9 Å². The minimum atomic E-state index is -3.35. The molecule has 8 heteroatoms. The summed E-state index contributed by atoms with van der Waals surface area (Å²) in [5.41, 5.74) is 0. The smallest absolute Gasteiger partial charge is 0.220 e. The lowest BCUT2D eigenvalue weighted by atomic mass is 10.1. The highest BCUT2D eigenvalue weighted by Gasteiger charge is 2.60. The van der Waals surface area contributed by atoms with Gasteiger partial charge in [0.1, 0.15) is 6.10 Å². The van der Waals surface area contributed by atoms with Crippen LogP contribution >= 0.6 is 0 Å². The largest absolute Gasteiger partial charge is 0.349 e. The van der Waals surface area contributed by atoms with Gasteiger partial charge in [-0.05, 0) is 34.6 Å². The highest BCUT2D eigenvalue weighted by atomic mass is 32.2. The molecular weight excluding hydrogens is 310 g/mol. The standard InChI is InChI=1S/C14H27NO6S/c1-12(2,3)22(16,17)15-8-10(15)11-9-20-13(4,18-6)14(5,19-7)21-11/h10-11H,8-9H2,1-7H3/t10-,11+,13+,14+,15?/m0/s1. The van der Waals surface area contributed by atoms with E-state index < -0.39 is 26.3 Å². The van der Waals surface area contributed by atoms with Crippen LogP contribution in [0.3, 0.4) is 0 Å². The van der Waals surface area contributed by atoms with Gasteiger partial charge >= 0.3 is 0 Å². The van der Waals surface area contributed by atoms with E-state index in [2.05, 4.69) is 0 Å². The third kappa shape index (κ3) is 2.70. The Labute approximate surface area is 132 Å². The molecule has 0 aromatic carbocycles. The van der Waals surface area contributed by atoms with E-state index in [0.29, 0.717) is 6.54 Å². The van der Waals surface area contributed by atoms with Gasteiger partial charge in [-0.3, -0.25) is 0 Å². The summed E-state index contributed by atoms with van der Waals surface area (Å²) in [6, 6.07) is -0.222. The summed E-state index contributed by atoms with van der Waals surface area (Å²) in [6.07, 6.45) is -0.384. The molecule has 0 aliphatic carbocycles. The zero-order valence-corrected chi connectivity index (χ0v) is 15.2. The number of nitrogens with zero attached hydrogens (tertiary/aromatic N) is 1. The SMILES string of the molecule is CO[C@]1(C)OC[C@H]([C@@H]2CN2S(=O)(=O)C(C)(C)C)O[C@@]1(C)OC. The molecule has 0 aromatic rings. The Morgan fingerprint density at radius 2 is 1.68 bits per heavy atom. The van der Waals surface area contributed by atoms with Gasteiger partial charge in [0.2, 0.25) is 21.6 Å². The second kappa shape index (κ2) is 5.39. The molecule has 0 aromatic heterocycles. The van der Waals surface area contributed by atoms with Gasteiger partial charge in [-0.1, -0.05) is 0 Å². The predicted molar refractivity (Wildman–Crippen MR) is 80.8 cm³/mol. The fourth-order valence-corrected chi connectivity index (χ4v) is 4.08. The second-order valence-corrected chi connectivity index (χ2v) is 9.67. The first-order chi connectivity index (χ1) is 9.92. The molecule has 0 radical (unpaired) electrons. The third-order valence-electron chi connectivity index (χ3n) is 4.62. The van der Waals surface area contributed by atoms with Crippen molar-refractivity contribution >= 4 is 10.0 Å². The van der Waals surface area contributed by atoms with Crippen LogP contribution in [0, 0.1) is 0 Å². The molecule has 2 rings (SSSR count). The van der Waals surface area contributed by atoms with E-state index in [9.17, 15) is 8.42 Å². The van der Waals surface area contributed by atoms with Gasteiger partial charge in [0.15, 0.2) is 0 Å². The average molecular weight is 337 g/mol. The van der Waals surface area contributed by atoms with E-state index in [-0.39, 0.29) is 18.8 Å². The van der Waals surface area contributed by atoms with Gasteiger partial charge in [-0.2, -0.15) is 4.31 Å². The zero-order chi connectivity index (χ0) is 17.0. The van der Waals surface area contributed by atoms with Crippen LogP contribution in [0.2, 0.25) is 0 Å². The van der Waals surface area contributed by atoms with Crippen LogP contribution in [0.5, 0.6) is 0 Å². The highest BCUT2D eigenvalue weighted by molar-refractivity contribution is 7.90. The lowest BCUT2D eigenvalue weighted by Crippen LogP contribution is -2.63. The Kier molecular flexibility index (Phi) is 4.43. The molecule has 0 spiro atoms. The van der Waals surface area contributed by atoms with Crippen LogP contribution < -0.4 is 0 Å².